The molecule has 0 aliphatic heterocycles. The number of nitrogens with one attached hydrogen (secondary N) is 1. The Bertz CT molecular complexity index is 350. The molecule has 0 saturated carbocycles. The van der Waals surface area contributed by atoms with Gasteiger partial charge in [-0.1, -0.05) is 51.1 Å². The smallest absolute Gasteiger partial charge is 0.0448 e. The Morgan fingerprint density at radius 1 is 1.21 bits per heavy atom. The van der Waals surface area contributed by atoms with Crippen molar-refractivity contribution in [3.05, 3.63) is 35.9 Å². The van der Waals surface area contributed by atoms with Crippen molar-refractivity contribution < 1.29 is 5.11 Å². The van der Waals surface area contributed by atoms with E-state index in [2.05, 4.69) is 63.3 Å². The number of hydrogen-bond acceptors (Lipinski definition) is 2. The Morgan fingerprint density at radius 2 is 1.84 bits per heavy atom. The van der Waals surface area contributed by atoms with Gasteiger partial charge in [-0.2, -0.15) is 0 Å². The van der Waals surface area contributed by atoms with E-state index in [1.165, 1.54) is 5.56 Å². The Hall–Kier alpha value is -0.860. The lowest BCUT2D eigenvalue weighted by atomic mass is 9.86. The highest BCUT2D eigenvalue weighted by molar-refractivity contribution is 5.20. The van der Waals surface area contributed by atoms with Crippen LogP contribution < -0.4 is 5.32 Å². The first kappa shape index (κ1) is 16.2. The van der Waals surface area contributed by atoms with Crippen LogP contribution in [-0.2, 0) is 0 Å². The molecule has 2 nitrogen and oxygen atoms in total. The number of benzene rings is 1. The van der Waals surface area contributed by atoms with Gasteiger partial charge in [-0.15, -0.1) is 0 Å². The first-order valence-electron chi connectivity index (χ1n) is 7.43. The van der Waals surface area contributed by atoms with E-state index in [-0.39, 0.29) is 12.1 Å². The minimum atomic E-state index is 0.0384. The van der Waals surface area contributed by atoms with E-state index in [9.17, 15) is 5.11 Å². The average Bonchev–Trinajstić information content (AvgIpc) is 2.40. The van der Waals surface area contributed by atoms with Crippen LogP contribution in [0.25, 0.3) is 0 Å². The molecule has 0 bridgehead atoms. The second-order valence-corrected chi connectivity index (χ2v) is 6.03. The van der Waals surface area contributed by atoms with Crippen molar-refractivity contribution in [1.82, 2.24) is 5.32 Å². The van der Waals surface area contributed by atoms with Gasteiger partial charge in [-0.3, -0.25) is 0 Å². The molecular weight excluding hydrogens is 234 g/mol. The lowest BCUT2D eigenvalue weighted by molar-refractivity contribution is 0.210. The van der Waals surface area contributed by atoms with Gasteiger partial charge >= 0.3 is 0 Å². The number of hydrogen-bond donors (Lipinski definition) is 2. The zero-order valence-corrected chi connectivity index (χ0v) is 12.8. The van der Waals surface area contributed by atoms with Gasteiger partial charge in [-0.25, -0.2) is 0 Å². The quantitative estimate of drug-likeness (QED) is 0.751. The van der Waals surface area contributed by atoms with Crippen LogP contribution >= 0.6 is 0 Å². The van der Waals surface area contributed by atoms with Crippen molar-refractivity contribution in [2.24, 2.45) is 5.92 Å². The van der Waals surface area contributed by atoms with Gasteiger partial charge in [0.1, 0.15) is 0 Å². The van der Waals surface area contributed by atoms with Gasteiger partial charge in [0.25, 0.3) is 0 Å². The molecule has 2 heteroatoms. The minimum Gasteiger partial charge on any atom is -0.396 e. The van der Waals surface area contributed by atoms with E-state index in [0.717, 1.165) is 19.4 Å². The Kier molecular flexibility index (Phi) is 6.53. The normalized spacial score (nSPS) is 16.3. The highest BCUT2D eigenvalue weighted by Gasteiger charge is 2.24. The summed E-state index contributed by atoms with van der Waals surface area (Å²) in [6, 6.07) is 10.7. The topological polar surface area (TPSA) is 32.3 Å². The molecule has 19 heavy (non-hydrogen) atoms. The van der Waals surface area contributed by atoms with E-state index >= 15 is 0 Å². The summed E-state index contributed by atoms with van der Waals surface area (Å²) in [6.07, 6.45) is 1.84. The minimum absolute atomic E-state index is 0.0384. The molecule has 2 atom stereocenters. The van der Waals surface area contributed by atoms with Crippen molar-refractivity contribution >= 4 is 0 Å². The highest BCUT2D eigenvalue weighted by Crippen LogP contribution is 2.25. The molecule has 2 unspecified atom stereocenters. The molecule has 2 N–H and O–H groups in total. The zero-order valence-electron chi connectivity index (χ0n) is 12.8. The van der Waals surface area contributed by atoms with E-state index in [4.69, 9.17) is 0 Å². The molecule has 1 aromatic carbocycles. The van der Waals surface area contributed by atoms with Crippen LogP contribution in [0.3, 0.4) is 0 Å². The maximum atomic E-state index is 9.18. The van der Waals surface area contributed by atoms with Gasteiger partial charge in [0.15, 0.2) is 0 Å². The van der Waals surface area contributed by atoms with Crippen molar-refractivity contribution in [1.29, 1.82) is 0 Å². The van der Waals surface area contributed by atoms with Crippen LogP contribution in [-0.4, -0.2) is 23.8 Å². The molecule has 0 aromatic heterocycles. The maximum Gasteiger partial charge on any atom is 0.0448 e. The fraction of sp³-hybridized carbons (Fsp3) is 0.647. The standard InChI is InChI=1S/C17H29NO/c1-5-17(4,11-12-19)18-13-16(14(2)3)15-9-7-6-8-10-15/h6-10,14,16,18-19H,5,11-13H2,1-4H3. The number of rotatable bonds is 8. The molecule has 1 aromatic rings. The third-order valence-electron chi connectivity index (χ3n) is 4.23. The second kappa shape index (κ2) is 7.66. The third kappa shape index (κ3) is 4.96. The summed E-state index contributed by atoms with van der Waals surface area (Å²) >= 11 is 0. The van der Waals surface area contributed by atoms with Gasteiger partial charge in [-0.05, 0) is 37.2 Å². The molecule has 0 aliphatic rings. The van der Waals surface area contributed by atoms with Crippen LogP contribution in [0.4, 0.5) is 0 Å². The van der Waals surface area contributed by atoms with E-state index < -0.39 is 0 Å². The maximum absolute atomic E-state index is 9.18. The number of aliphatic hydroxyl groups is 1. The largest absolute Gasteiger partial charge is 0.396 e. The van der Waals surface area contributed by atoms with Gasteiger partial charge in [0, 0.05) is 18.7 Å². The summed E-state index contributed by atoms with van der Waals surface area (Å²) in [5, 5.41) is 12.9. The third-order valence-corrected chi connectivity index (χ3v) is 4.23. The first-order chi connectivity index (χ1) is 9.02. The molecule has 0 saturated heterocycles. The van der Waals surface area contributed by atoms with E-state index in [1.807, 2.05) is 0 Å². The summed E-state index contributed by atoms with van der Waals surface area (Å²) in [4.78, 5) is 0. The molecule has 0 radical (unpaired) electrons. The van der Waals surface area contributed by atoms with Gasteiger partial charge < -0.3 is 10.4 Å². The SMILES string of the molecule is CCC(C)(CCO)NCC(c1ccccc1)C(C)C. The zero-order chi connectivity index (χ0) is 14.3. The first-order valence-corrected chi connectivity index (χ1v) is 7.43. The lowest BCUT2D eigenvalue weighted by Crippen LogP contribution is -2.45. The molecule has 0 amide bonds. The molecule has 0 heterocycles. The van der Waals surface area contributed by atoms with E-state index in [0.29, 0.717) is 11.8 Å². The summed E-state index contributed by atoms with van der Waals surface area (Å²) in [5.74, 6) is 1.12. The molecule has 0 aliphatic carbocycles. The van der Waals surface area contributed by atoms with E-state index in [1.54, 1.807) is 0 Å². The van der Waals surface area contributed by atoms with Crippen LogP contribution in [0, 0.1) is 5.92 Å². The fourth-order valence-electron chi connectivity index (χ4n) is 2.43. The predicted molar refractivity (Wildman–Crippen MR) is 82.4 cm³/mol. The van der Waals surface area contributed by atoms with Crippen LogP contribution in [0.1, 0.15) is 52.0 Å². The summed E-state index contributed by atoms with van der Waals surface area (Å²) in [7, 11) is 0. The van der Waals surface area contributed by atoms with Crippen LogP contribution in [0.15, 0.2) is 30.3 Å². The summed E-state index contributed by atoms with van der Waals surface area (Å²) in [6.45, 7) is 10.1. The number of aliphatic hydroxyl groups excluding tert-OH is 1. The van der Waals surface area contributed by atoms with Gasteiger partial charge in [0.2, 0.25) is 0 Å². The predicted octanol–water partition coefficient (Wildman–Crippen LogP) is 3.57. The Balaban J connectivity index is 2.70. The van der Waals surface area contributed by atoms with Crippen molar-refractivity contribution in [3.8, 4) is 0 Å². The second-order valence-electron chi connectivity index (χ2n) is 6.03. The van der Waals surface area contributed by atoms with Crippen molar-refractivity contribution in [2.45, 2.75) is 52.0 Å². The molecule has 108 valence electrons. The Labute approximate surface area is 118 Å². The van der Waals surface area contributed by atoms with Crippen LogP contribution in [0.5, 0.6) is 0 Å². The summed E-state index contributed by atoms with van der Waals surface area (Å²) in [5.41, 5.74) is 1.43. The van der Waals surface area contributed by atoms with Gasteiger partial charge in [0.05, 0.1) is 0 Å². The lowest BCUT2D eigenvalue weighted by Gasteiger charge is -2.33. The average molecular weight is 263 g/mol. The Morgan fingerprint density at radius 3 is 2.32 bits per heavy atom. The summed E-state index contributed by atoms with van der Waals surface area (Å²) < 4.78 is 0. The van der Waals surface area contributed by atoms with Crippen molar-refractivity contribution in [2.75, 3.05) is 13.2 Å². The monoisotopic (exact) mass is 263 g/mol. The molecule has 1 rings (SSSR count). The molecule has 0 spiro atoms. The molecular formula is C17H29NO. The highest BCUT2D eigenvalue weighted by atomic mass is 16.3. The van der Waals surface area contributed by atoms with Crippen LogP contribution in [0.2, 0.25) is 0 Å². The fourth-order valence-corrected chi connectivity index (χ4v) is 2.43. The van der Waals surface area contributed by atoms with Crippen molar-refractivity contribution in [3.63, 3.8) is 0 Å². The molecule has 0 fully saturated rings.